The minimum atomic E-state index is -0.720. The second kappa shape index (κ2) is 10.9. The molecule has 1 N–H and O–H groups in total. The van der Waals surface area contributed by atoms with Gasteiger partial charge in [0.25, 0.3) is 0 Å². The molecule has 29 heavy (non-hydrogen) atoms. The molecule has 0 spiro atoms. The lowest BCUT2D eigenvalue weighted by atomic mass is 10.1. The van der Waals surface area contributed by atoms with E-state index in [-0.39, 0.29) is 5.75 Å². The molecule has 0 aliphatic carbocycles. The number of nitrogens with zero attached hydrogens (tertiary/aromatic N) is 2. The number of nitrogens with one attached hydrogen (secondary N) is 1. The van der Waals surface area contributed by atoms with Gasteiger partial charge in [0.05, 0.1) is 12.3 Å². The highest BCUT2D eigenvalue weighted by Crippen LogP contribution is 2.30. The summed E-state index contributed by atoms with van der Waals surface area (Å²) < 4.78 is 34.0. The molecule has 3 aromatic rings. The normalized spacial score (nSPS) is 10.9. The zero-order valence-electron chi connectivity index (χ0n) is 16.5. The number of anilines is 2. The maximum atomic E-state index is 14.3. The highest BCUT2D eigenvalue weighted by molar-refractivity contribution is 7.14. The first-order valence-electron chi connectivity index (χ1n) is 9.92. The van der Waals surface area contributed by atoms with Gasteiger partial charge in [0.1, 0.15) is 0 Å². The van der Waals surface area contributed by atoms with E-state index in [9.17, 15) is 8.78 Å². The summed E-state index contributed by atoms with van der Waals surface area (Å²) in [5.41, 5.74) is 1.93. The van der Waals surface area contributed by atoms with Crippen LogP contribution < -0.4 is 10.1 Å². The Hall–Kier alpha value is -2.54. The Labute approximate surface area is 174 Å². The zero-order chi connectivity index (χ0) is 20.5. The van der Waals surface area contributed by atoms with Gasteiger partial charge in [-0.3, -0.25) is 4.98 Å². The van der Waals surface area contributed by atoms with E-state index in [1.54, 1.807) is 12.4 Å². The first-order valence-corrected chi connectivity index (χ1v) is 10.8. The van der Waals surface area contributed by atoms with E-state index in [0.717, 1.165) is 30.5 Å². The Bertz CT molecular complexity index is 879. The Balaban J connectivity index is 1.56. The van der Waals surface area contributed by atoms with Crippen LogP contribution in [0.5, 0.6) is 5.75 Å². The summed E-state index contributed by atoms with van der Waals surface area (Å²) in [6.07, 6.45) is 9.94. The molecule has 2 aromatic heterocycles. The average Bonchev–Trinajstić information content (AvgIpc) is 3.18. The molecule has 0 saturated carbocycles. The predicted molar refractivity (Wildman–Crippen MR) is 114 cm³/mol. The first-order chi connectivity index (χ1) is 14.2. The molecule has 3 rings (SSSR count). The summed E-state index contributed by atoms with van der Waals surface area (Å²) in [5.74, 6) is -1.76. The highest BCUT2D eigenvalue weighted by Gasteiger charge is 2.14. The third kappa shape index (κ3) is 6.22. The summed E-state index contributed by atoms with van der Waals surface area (Å²) in [6.45, 7) is 2.48. The first kappa shape index (κ1) is 21.2. The van der Waals surface area contributed by atoms with Gasteiger partial charge in [-0.1, -0.05) is 39.0 Å². The predicted octanol–water partition coefficient (Wildman–Crippen LogP) is 6.97. The van der Waals surface area contributed by atoms with Gasteiger partial charge in [-0.05, 0) is 18.6 Å². The van der Waals surface area contributed by atoms with E-state index in [1.165, 1.54) is 42.7 Å². The fourth-order valence-corrected chi connectivity index (χ4v) is 3.67. The monoisotopic (exact) mass is 417 g/mol. The molecular formula is C22H25F2N3OS. The number of aromatic nitrogens is 2. The molecule has 0 amide bonds. The maximum absolute atomic E-state index is 14.3. The Morgan fingerprint density at radius 3 is 2.55 bits per heavy atom. The van der Waals surface area contributed by atoms with Crippen molar-refractivity contribution in [3.05, 3.63) is 53.7 Å². The van der Waals surface area contributed by atoms with Crippen LogP contribution >= 0.6 is 11.3 Å². The maximum Gasteiger partial charge on any atom is 0.190 e. The number of pyridine rings is 1. The number of halogens is 2. The van der Waals surface area contributed by atoms with Crippen LogP contribution in [0.1, 0.15) is 45.4 Å². The van der Waals surface area contributed by atoms with E-state index in [0.29, 0.717) is 17.4 Å². The number of thiazole rings is 1. The van der Waals surface area contributed by atoms with Gasteiger partial charge in [-0.2, -0.15) is 0 Å². The van der Waals surface area contributed by atoms with Crippen LogP contribution in [0, 0.1) is 11.6 Å². The van der Waals surface area contributed by atoms with Crippen molar-refractivity contribution in [2.24, 2.45) is 0 Å². The van der Waals surface area contributed by atoms with Crippen LogP contribution in [-0.2, 0) is 0 Å². The van der Waals surface area contributed by atoms with Crippen molar-refractivity contribution in [1.82, 2.24) is 9.97 Å². The molecule has 1 aromatic carbocycles. The van der Waals surface area contributed by atoms with E-state index in [1.807, 2.05) is 17.5 Å². The topological polar surface area (TPSA) is 47.0 Å². The molecule has 0 atom stereocenters. The van der Waals surface area contributed by atoms with E-state index in [2.05, 4.69) is 22.2 Å². The Morgan fingerprint density at radius 2 is 1.83 bits per heavy atom. The minimum Gasteiger partial charge on any atom is -0.488 e. The SMILES string of the molecule is CCCCCCCCOc1c(F)cc(Nc2nc(-c3cccnc3)cs2)cc1F. The van der Waals surface area contributed by atoms with E-state index < -0.39 is 11.6 Å². The smallest absolute Gasteiger partial charge is 0.190 e. The quantitative estimate of drug-likeness (QED) is 0.342. The number of unbranched alkanes of at least 4 members (excludes halogenated alkanes) is 5. The van der Waals surface area contributed by atoms with Gasteiger partial charge in [-0.15, -0.1) is 11.3 Å². The van der Waals surface area contributed by atoms with Crippen LogP contribution in [-0.4, -0.2) is 16.6 Å². The molecule has 0 aliphatic heterocycles. The fourth-order valence-electron chi connectivity index (χ4n) is 2.93. The van der Waals surface area contributed by atoms with Crippen molar-refractivity contribution in [3.63, 3.8) is 0 Å². The van der Waals surface area contributed by atoms with Crippen molar-refractivity contribution in [2.75, 3.05) is 11.9 Å². The zero-order valence-corrected chi connectivity index (χ0v) is 17.3. The molecule has 0 bridgehead atoms. The fraction of sp³-hybridized carbons (Fsp3) is 0.364. The van der Waals surface area contributed by atoms with Crippen molar-refractivity contribution in [3.8, 4) is 17.0 Å². The van der Waals surface area contributed by atoms with Gasteiger partial charge in [0.2, 0.25) is 0 Å². The summed E-state index contributed by atoms with van der Waals surface area (Å²) in [7, 11) is 0. The lowest BCUT2D eigenvalue weighted by Crippen LogP contribution is -2.03. The van der Waals surface area contributed by atoms with Crippen molar-refractivity contribution >= 4 is 22.2 Å². The lowest BCUT2D eigenvalue weighted by molar-refractivity contribution is 0.275. The summed E-state index contributed by atoms with van der Waals surface area (Å²) in [6, 6.07) is 6.19. The van der Waals surface area contributed by atoms with Crippen LogP contribution in [0.15, 0.2) is 42.0 Å². The molecule has 0 saturated heterocycles. The summed E-state index contributed by atoms with van der Waals surface area (Å²) in [4.78, 5) is 8.51. The largest absolute Gasteiger partial charge is 0.488 e. The van der Waals surface area contributed by atoms with Crippen molar-refractivity contribution < 1.29 is 13.5 Å². The van der Waals surface area contributed by atoms with Crippen LogP contribution in [0.3, 0.4) is 0 Å². The Morgan fingerprint density at radius 1 is 1.07 bits per heavy atom. The highest BCUT2D eigenvalue weighted by atomic mass is 32.1. The molecule has 7 heteroatoms. The van der Waals surface area contributed by atoms with Gasteiger partial charge >= 0.3 is 0 Å². The van der Waals surface area contributed by atoms with Crippen LogP contribution in [0.2, 0.25) is 0 Å². The van der Waals surface area contributed by atoms with E-state index in [4.69, 9.17) is 4.74 Å². The number of hydrogen-bond acceptors (Lipinski definition) is 5. The molecule has 0 unspecified atom stereocenters. The summed E-state index contributed by atoms with van der Waals surface area (Å²) >= 11 is 1.35. The molecule has 0 radical (unpaired) electrons. The van der Waals surface area contributed by atoms with Crippen LogP contribution in [0.4, 0.5) is 19.6 Å². The number of hydrogen-bond donors (Lipinski definition) is 1. The van der Waals surface area contributed by atoms with Gasteiger partial charge < -0.3 is 10.1 Å². The number of benzene rings is 1. The second-order valence-electron chi connectivity index (χ2n) is 6.79. The average molecular weight is 418 g/mol. The van der Waals surface area contributed by atoms with Gasteiger partial charge in [0.15, 0.2) is 22.5 Å². The summed E-state index contributed by atoms with van der Waals surface area (Å²) in [5, 5.41) is 5.36. The molecule has 2 heterocycles. The molecular weight excluding hydrogens is 392 g/mol. The molecule has 154 valence electrons. The Kier molecular flexibility index (Phi) is 7.93. The standard InChI is InChI=1S/C22H25F2N3OS/c1-2-3-4-5-6-7-11-28-21-18(23)12-17(13-19(21)24)26-22-27-20(15-29-22)16-9-8-10-25-14-16/h8-10,12-15H,2-7,11H2,1H3,(H,26,27). The third-order valence-corrected chi connectivity index (χ3v) is 5.21. The van der Waals surface area contributed by atoms with Gasteiger partial charge in [-0.25, -0.2) is 13.8 Å². The minimum absolute atomic E-state index is 0.291. The number of rotatable bonds is 11. The van der Waals surface area contributed by atoms with Crippen molar-refractivity contribution in [1.29, 1.82) is 0 Å². The third-order valence-electron chi connectivity index (χ3n) is 4.46. The molecule has 0 aliphatic rings. The van der Waals surface area contributed by atoms with Gasteiger partial charge in [0, 0.05) is 41.2 Å². The molecule has 0 fully saturated rings. The van der Waals surface area contributed by atoms with E-state index >= 15 is 0 Å². The van der Waals surface area contributed by atoms with Crippen LogP contribution in [0.25, 0.3) is 11.3 Å². The number of ether oxygens (including phenoxy) is 1. The van der Waals surface area contributed by atoms with Crippen molar-refractivity contribution in [2.45, 2.75) is 45.4 Å². The lowest BCUT2D eigenvalue weighted by Gasteiger charge is -2.10. The molecule has 4 nitrogen and oxygen atoms in total. The second-order valence-corrected chi connectivity index (χ2v) is 7.65.